The Labute approximate surface area is 180 Å². The van der Waals surface area contributed by atoms with Crippen molar-refractivity contribution in [2.75, 3.05) is 6.54 Å². The summed E-state index contributed by atoms with van der Waals surface area (Å²) >= 11 is 0. The van der Waals surface area contributed by atoms with Crippen LogP contribution in [0.4, 0.5) is 0 Å². The van der Waals surface area contributed by atoms with Crippen molar-refractivity contribution >= 4 is 11.7 Å². The largest absolute Gasteiger partial charge is 0.361 e. The van der Waals surface area contributed by atoms with Gasteiger partial charge in [0.25, 0.3) is 5.91 Å². The van der Waals surface area contributed by atoms with Gasteiger partial charge in [0.15, 0.2) is 11.5 Å². The van der Waals surface area contributed by atoms with Crippen molar-refractivity contribution in [3.05, 3.63) is 52.6 Å². The van der Waals surface area contributed by atoms with Crippen LogP contribution in [-0.4, -0.2) is 33.7 Å². The number of hydrogen-bond donors (Lipinski definition) is 1. The van der Waals surface area contributed by atoms with E-state index in [-0.39, 0.29) is 40.8 Å². The minimum Gasteiger partial charge on any atom is -0.361 e. The molecule has 1 N–H and O–H groups in total. The Morgan fingerprint density at radius 1 is 0.968 bits per heavy atom. The topological polar surface area (TPSA) is 124 Å². The van der Waals surface area contributed by atoms with Gasteiger partial charge in [0, 0.05) is 48.4 Å². The smallest absolute Gasteiger partial charge is 0.273 e. The highest BCUT2D eigenvalue weighted by Crippen LogP contribution is 2.25. The minimum atomic E-state index is -0.324. The van der Waals surface area contributed by atoms with E-state index >= 15 is 0 Å². The summed E-state index contributed by atoms with van der Waals surface area (Å²) in [5, 5.41) is 14.3. The Kier molecular flexibility index (Phi) is 7.04. The van der Waals surface area contributed by atoms with E-state index in [4.69, 9.17) is 13.6 Å². The zero-order chi connectivity index (χ0) is 22.5. The van der Waals surface area contributed by atoms with Crippen LogP contribution >= 0.6 is 0 Å². The van der Waals surface area contributed by atoms with Crippen LogP contribution in [0.2, 0.25) is 0 Å². The lowest BCUT2D eigenvalue weighted by molar-refractivity contribution is 0.0940. The molecule has 0 saturated carbocycles. The van der Waals surface area contributed by atoms with E-state index in [0.717, 1.165) is 11.3 Å². The number of rotatable bonds is 10. The second-order valence-electron chi connectivity index (χ2n) is 8.23. The van der Waals surface area contributed by atoms with Crippen molar-refractivity contribution in [2.24, 2.45) is 0 Å². The quantitative estimate of drug-likeness (QED) is 0.472. The monoisotopic (exact) mass is 428 g/mol. The van der Waals surface area contributed by atoms with E-state index in [9.17, 15) is 9.59 Å². The minimum absolute atomic E-state index is 0.0831. The SMILES string of the molecule is Cc1cnoc1C(C)CCC(=O)c1cc(C(C)CNC(=O)c2cc(C(C)C)on2)on1. The third kappa shape index (κ3) is 5.48. The van der Waals surface area contributed by atoms with Crippen molar-refractivity contribution in [3.8, 4) is 0 Å². The zero-order valence-electron chi connectivity index (χ0n) is 18.5. The fourth-order valence-corrected chi connectivity index (χ4v) is 3.14. The molecule has 2 atom stereocenters. The fourth-order valence-electron chi connectivity index (χ4n) is 3.14. The number of ketones is 1. The van der Waals surface area contributed by atoms with Gasteiger partial charge in [-0.2, -0.15) is 0 Å². The second-order valence-corrected chi connectivity index (χ2v) is 8.23. The first-order valence-electron chi connectivity index (χ1n) is 10.4. The maximum atomic E-state index is 12.5. The summed E-state index contributed by atoms with van der Waals surface area (Å²) < 4.78 is 15.7. The number of carbonyl (C=O) groups excluding carboxylic acids is 2. The normalized spacial score (nSPS) is 13.4. The molecule has 9 nitrogen and oxygen atoms in total. The van der Waals surface area contributed by atoms with E-state index in [0.29, 0.717) is 30.9 Å². The molecule has 0 saturated heterocycles. The number of aryl methyl sites for hydroxylation is 1. The molecule has 0 aliphatic carbocycles. The summed E-state index contributed by atoms with van der Waals surface area (Å²) in [6.45, 7) is 10.0. The summed E-state index contributed by atoms with van der Waals surface area (Å²) in [7, 11) is 0. The highest BCUT2D eigenvalue weighted by atomic mass is 16.5. The number of hydrogen-bond acceptors (Lipinski definition) is 8. The maximum Gasteiger partial charge on any atom is 0.273 e. The van der Waals surface area contributed by atoms with E-state index < -0.39 is 0 Å². The van der Waals surface area contributed by atoms with Crippen LogP contribution in [0.25, 0.3) is 0 Å². The Balaban J connectivity index is 1.50. The van der Waals surface area contributed by atoms with Crippen LogP contribution in [-0.2, 0) is 0 Å². The Bertz CT molecular complexity index is 1030. The standard InChI is InChI=1S/C22H28N4O5/c1-12(2)19-9-17(26-29-19)22(28)23-10-14(4)20-8-16(25-30-20)18(27)7-6-13(3)21-15(5)11-24-31-21/h8-9,11-14H,6-7,10H2,1-5H3,(H,23,28). The molecule has 0 aliphatic heterocycles. The number of nitrogens with one attached hydrogen (secondary N) is 1. The number of Topliss-reactive ketones (excluding diaryl/α,β-unsaturated/α-hetero) is 1. The van der Waals surface area contributed by atoms with Gasteiger partial charge in [-0.3, -0.25) is 9.59 Å². The molecular formula is C22H28N4O5. The van der Waals surface area contributed by atoms with Crippen molar-refractivity contribution in [1.29, 1.82) is 0 Å². The third-order valence-electron chi connectivity index (χ3n) is 5.24. The molecule has 9 heteroatoms. The molecule has 0 fully saturated rings. The summed E-state index contributed by atoms with van der Waals surface area (Å²) in [5.41, 5.74) is 1.50. The van der Waals surface area contributed by atoms with Gasteiger partial charge >= 0.3 is 0 Å². The van der Waals surface area contributed by atoms with Gasteiger partial charge in [0.1, 0.15) is 23.0 Å². The average molecular weight is 428 g/mol. The second kappa shape index (κ2) is 9.72. The van der Waals surface area contributed by atoms with Crippen LogP contribution in [0.15, 0.2) is 31.9 Å². The molecule has 166 valence electrons. The number of nitrogens with zero attached hydrogens (tertiary/aromatic N) is 3. The molecule has 31 heavy (non-hydrogen) atoms. The van der Waals surface area contributed by atoms with Crippen LogP contribution in [0, 0.1) is 6.92 Å². The van der Waals surface area contributed by atoms with E-state index in [1.54, 1.807) is 18.3 Å². The highest BCUT2D eigenvalue weighted by molar-refractivity contribution is 5.94. The van der Waals surface area contributed by atoms with Crippen LogP contribution < -0.4 is 5.32 Å². The van der Waals surface area contributed by atoms with Gasteiger partial charge in [0.2, 0.25) is 0 Å². The molecular weight excluding hydrogens is 400 g/mol. The molecule has 3 aromatic heterocycles. The summed E-state index contributed by atoms with van der Waals surface area (Å²) in [6, 6.07) is 3.27. The number of aromatic nitrogens is 3. The summed E-state index contributed by atoms with van der Waals surface area (Å²) in [5.74, 6) is 1.64. The Hall–Kier alpha value is -3.23. The predicted molar refractivity (Wildman–Crippen MR) is 111 cm³/mol. The molecule has 0 spiro atoms. The summed E-state index contributed by atoms with van der Waals surface area (Å²) in [4.78, 5) is 24.7. The maximum absolute atomic E-state index is 12.5. The lowest BCUT2D eigenvalue weighted by atomic mass is 9.97. The lowest BCUT2D eigenvalue weighted by Gasteiger charge is -2.08. The van der Waals surface area contributed by atoms with Crippen molar-refractivity contribution in [3.63, 3.8) is 0 Å². The number of carbonyl (C=O) groups is 2. The third-order valence-corrected chi connectivity index (χ3v) is 5.24. The van der Waals surface area contributed by atoms with Gasteiger partial charge in [-0.25, -0.2) is 0 Å². The molecule has 0 aliphatic rings. The molecule has 0 bridgehead atoms. The van der Waals surface area contributed by atoms with Crippen molar-refractivity contribution in [1.82, 2.24) is 20.8 Å². The first-order chi connectivity index (χ1) is 14.8. The van der Waals surface area contributed by atoms with Crippen LogP contribution in [0.3, 0.4) is 0 Å². The van der Waals surface area contributed by atoms with Gasteiger partial charge in [-0.1, -0.05) is 43.2 Å². The molecule has 2 unspecified atom stereocenters. The van der Waals surface area contributed by atoms with Crippen LogP contribution in [0.1, 0.15) is 102 Å². The molecule has 3 heterocycles. The molecule has 0 aromatic carbocycles. The molecule has 3 rings (SSSR count). The van der Waals surface area contributed by atoms with Gasteiger partial charge in [0.05, 0.1) is 6.20 Å². The van der Waals surface area contributed by atoms with Gasteiger partial charge < -0.3 is 18.9 Å². The summed E-state index contributed by atoms with van der Waals surface area (Å²) in [6.07, 6.45) is 2.62. The zero-order valence-corrected chi connectivity index (χ0v) is 18.5. The predicted octanol–water partition coefficient (Wildman–Crippen LogP) is 4.38. The Morgan fingerprint density at radius 2 is 1.65 bits per heavy atom. The first kappa shape index (κ1) is 22.5. The highest BCUT2D eigenvalue weighted by Gasteiger charge is 2.21. The van der Waals surface area contributed by atoms with E-state index in [2.05, 4.69) is 20.8 Å². The van der Waals surface area contributed by atoms with Gasteiger partial charge in [-0.05, 0) is 13.3 Å². The Morgan fingerprint density at radius 3 is 2.29 bits per heavy atom. The first-order valence-corrected chi connectivity index (χ1v) is 10.4. The molecule has 1 amide bonds. The fraction of sp³-hybridized carbons (Fsp3) is 0.500. The van der Waals surface area contributed by atoms with Gasteiger partial charge in [-0.15, -0.1) is 0 Å². The van der Waals surface area contributed by atoms with Crippen molar-refractivity contribution < 1.29 is 23.2 Å². The average Bonchev–Trinajstić information content (AvgIpc) is 3.49. The number of amides is 1. The van der Waals surface area contributed by atoms with Crippen molar-refractivity contribution in [2.45, 2.75) is 65.2 Å². The van der Waals surface area contributed by atoms with E-state index in [1.165, 1.54) is 0 Å². The molecule has 3 aromatic rings. The lowest BCUT2D eigenvalue weighted by Crippen LogP contribution is -2.27. The molecule has 0 radical (unpaired) electrons. The van der Waals surface area contributed by atoms with Crippen LogP contribution in [0.5, 0.6) is 0 Å². The van der Waals surface area contributed by atoms with E-state index in [1.807, 2.05) is 34.6 Å².